The predicted molar refractivity (Wildman–Crippen MR) is 81.0 cm³/mol. The van der Waals surface area contributed by atoms with E-state index in [0.29, 0.717) is 17.1 Å². The molecule has 1 aromatic heterocycles. The molecule has 1 aromatic carbocycles. The molecule has 0 saturated heterocycles. The van der Waals surface area contributed by atoms with E-state index < -0.39 is 11.2 Å². The van der Waals surface area contributed by atoms with Crippen molar-refractivity contribution in [2.75, 3.05) is 0 Å². The lowest BCUT2D eigenvalue weighted by molar-refractivity contribution is 0.0968. The van der Waals surface area contributed by atoms with E-state index in [2.05, 4.69) is 0 Å². The van der Waals surface area contributed by atoms with E-state index in [0.717, 1.165) is 11.0 Å². The topological polar surface area (TPSA) is 61.1 Å². The number of aromatic nitrogens is 2. The molecule has 5 nitrogen and oxygen atoms in total. The van der Waals surface area contributed by atoms with Crippen molar-refractivity contribution in [2.24, 2.45) is 0 Å². The molecular formula is C15H15ClN2O3. The summed E-state index contributed by atoms with van der Waals surface area (Å²) in [4.78, 5) is 36.1. The van der Waals surface area contributed by atoms with Gasteiger partial charge in [0.15, 0.2) is 5.78 Å². The molecule has 0 bridgehead atoms. The van der Waals surface area contributed by atoms with Crippen LogP contribution in [-0.4, -0.2) is 14.9 Å². The van der Waals surface area contributed by atoms with Gasteiger partial charge in [-0.25, -0.2) is 4.79 Å². The number of halogens is 1. The number of nitrogens with zero attached hydrogens (tertiary/aromatic N) is 2. The standard InChI is InChI=1S/C15H15ClN2O3/c1-2-7-17-8-6-14(20)18(15(17)21)10-13(19)11-4-3-5-12(16)9-11/h3-6,8-9H,2,7,10H2,1H3. The van der Waals surface area contributed by atoms with Crippen LogP contribution in [0.25, 0.3) is 0 Å². The fraction of sp³-hybridized carbons (Fsp3) is 0.267. The van der Waals surface area contributed by atoms with Gasteiger partial charge in [-0.15, -0.1) is 0 Å². The Kier molecular flexibility index (Phi) is 4.75. The Balaban J connectivity index is 2.35. The summed E-state index contributed by atoms with van der Waals surface area (Å²) in [5.41, 5.74) is -0.581. The van der Waals surface area contributed by atoms with E-state index >= 15 is 0 Å². The van der Waals surface area contributed by atoms with Crippen LogP contribution in [0.3, 0.4) is 0 Å². The molecule has 0 unspecified atom stereocenters. The van der Waals surface area contributed by atoms with E-state index in [1.54, 1.807) is 18.2 Å². The molecule has 0 atom stereocenters. The molecule has 0 fully saturated rings. The lowest BCUT2D eigenvalue weighted by Gasteiger charge is -2.08. The van der Waals surface area contributed by atoms with Gasteiger partial charge in [-0.1, -0.05) is 30.7 Å². The third-order valence-corrected chi connectivity index (χ3v) is 3.29. The SMILES string of the molecule is CCCn1ccc(=O)n(CC(=O)c2cccc(Cl)c2)c1=O. The molecule has 21 heavy (non-hydrogen) atoms. The van der Waals surface area contributed by atoms with Gasteiger partial charge in [-0.2, -0.15) is 0 Å². The largest absolute Gasteiger partial charge is 0.331 e. The number of hydrogen-bond acceptors (Lipinski definition) is 3. The number of aryl methyl sites for hydroxylation is 1. The Morgan fingerprint density at radius 1 is 1.24 bits per heavy atom. The highest BCUT2D eigenvalue weighted by Crippen LogP contribution is 2.11. The van der Waals surface area contributed by atoms with E-state index in [1.165, 1.54) is 22.9 Å². The summed E-state index contributed by atoms with van der Waals surface area (Å²) < 4.78 is 2.37. The maximum Gasteiger partial charge on any atom is 0.331 e. The summed E-state index contributed by atoms with van der Waals surface area (Å²) >= 11 is 5.83. The summed E-state index contributed by atoms with van der Waals surface area (Å²) in [6.45, 7) is 2.14. The summed E-state index contributed by atoms with van der Waals surface area (Å²) in [6.07, 6.45) is 2.22. The maximum absolute atomic E-state index is 12.2. The number of benzene rings is 1. The molecule has 0 aliphatic heterocycles. The highest BCUT2D eigenvalue weighted by molar-refractivity contribution is 6.31. The Hall–Kier alpha value is -2.14. The Morgan fingerprint density at radius 2 is 2.00 bits per heavy atom. The molecule has 0 aliphatic rings. The number of carbonyl (C=O) groups excluding carboxylic acids is 1. The molecule has 0 radical (unpaired) electrons. The minimum Gasteiger partial charge on any atom is -0.300 e. The molecule has 0 spiro atoms. The van der Waals surface area contributed by atoms with Crippen LogP contribution in [0.2, 0.25) is 5.02 Å². The first-order valence-electron chi connectivity index (χ1n) is 6.62. The van der Waals surface area contributed by atoms with Gasteiger partial charge < -0.3 is 4.57 Å². The van der Waals surface area contributed by atoms with Crippen molar-refractivity contribution in [2.45, 2.75) is 26.4 Å². The van der Waals surface area contributed by atoms with E-state index in [-0.39, 0.29) is 12.3 Å². The molecular weight excluding hydrogens is 292 g/mol. The number of hydrogen-bond donors (Lipinski definition) is 0. The minimum atomic E-state index is -0.484. The number of Topliss-reactive ketones (excluding diaryl/α,β-unsaturated/α-hetero) is 1. The summed E-state index contributed by atoms with van der Waals surface area (Å²) in [6, 6.07) is 7.72. The molecule has 110 valence electrons. The van der Waals surface area contributed by atoms with Gasteiger partial charge in [-0.05, 0) is 18.6 Å². The third-order valence-electron chi connectivity index (χ3n) is 3.05. The first kappa shape index (κ1) is 15.3. The first-order chi connectivity index (χ1) is 10.0. The van der Waals surface area contributed by atoms with Gasteiger partial charge in [0.05, 0.1) is 6.54 Å². The zero-order valence-corrected chi connectivity index (χ0v) is 12.3. The zero-order chi connectivity index (χ0) is 15.4. The van der Waals surface area contributed by atoms with Crippen molar-refractivity contribution in [3.8, 4) is 0 Å². The molecule has 6 heteroatoms. The summed E-state index contributed by atoms with van der Waals surface area (Å²) in [5, 5.41) is 0.435. The monoisotopic (exact) mass is 306 g/mol. The highest BCUT2D eigenvalue weighted by atomic mass is 35.5. The Labute approximate surface area is 126 Å². The van der Waals surface area contributed by atoms with Gasteiger partial charge in [-0.3, -0.25) is 14.2 Å². The number of rotatable bonds is 5. The van der Waals surface area contributed by atoms with Crippen molar-refractivity contribution in [3.63, 3.8) is 0 Å². The van der Waals surface area contributed by atoms with Crippen molar-refractivity contribution in [1.29, 1.82) is 0 Å². The first-order valence-corrected chi connectivity index (χ1v) is 6.99. The molecule has 1 heterocycles. The van der Waals surface area contributed by atoms with Crippen LogP contribution < -0.4 is 11.2 Å². The van der Waals surface area contributed by atoms with Gasteiger partial charge in [0.1, 0.15) is 0 Å². The van der Waals surface area contributed by atoms with Crippen molar-refractivity contribution >= 4 is 17.4 Å². The molecule has 2 rings (SSSR count). The summed E-state index contributed by atoms with van der Waals surface area (Å²) in [5.74, 6) is -0.328. The van der Waals surface area contributed by atoms with Gasteiger partial charge >= 0.3 is 5.69 Å². The van der Waals surface area contributed by atoms with Gasteiger partial charge in [0, 0.05) is 29.4 Å². The molecule has 0 saturated carbocycles. The lowest BCUT2D eigenvalue weighted by atomic mass is 10.1. The van der Waals surface area contributed by atoms with Crippen LogP contribution in [0, 0.1) is 0 Å². The van der Waals surface area contributed by atoms with E-state index in [9.17, 15) is 14.4 Å². The second-order valence-electron chi connectivity index (χ2n) is 4.65. The Bertz CT molecular complexity index is 777. The quantitative estimate of drug-likeness (QED) is 0.793. The average molecular weight is 307 g/mol. The third kappa shape index (κ3) is 3.49. The van der Waals surface area contributed by atoms with Gasteiger partial charge in [0.25, 0.3) is 5.56 Å². The molecule has 2 aromatic rings. The minimum absolute atomic E-state index is 0.289. The van der Waals surface area contributed by atoms with Crippen LogP contribution in [0.1, 0.15) is 23.7 Å². The molecule has 0 N–H and O–H groups in total. The smallest absolute Gasteiger partial charge is 0.300 e. The second-order valence-corrected chi connectivity index (χ2v) is 5.09. The fourth-order valence-corrected chi connectivity index (χ4v) is 2.20. The number of carbonyl (C=O) groups is 1. The van der Waals surface area contributed by atoms with Gasteiger partial charge in [0.2, 0.25) is 0 Å². The second kappa shape index (κ2) is 6.54. The van der Waals surface area contributed by atoms with Crippen LogP contribution in [0.4, 0.5) is 0 Å². The normalized spacial score (nSPS) is 10.6. The van der Waals surface area contributed by atoms with E-state index in [1.807, 2.05) is 6.92 Å². The van der Waals surface area contributed by atoms with Crippen molar-refractivity contribution < 1.29 is 4.79 Å². The number of ketones is 1. The van der Waals surface area contributed by atoms with E-state index in [4.69, 9.17) is 11.6 Å². The molecule has 0 aliphatic carbocycles. The van der Waals surface area contributed by atoms with Crippen LogP contribution in [0.15, 0.2) is 46.1 Å². The molecule has 0 amide bonds. The van der Waals surface area contributed by atoms with Crippen LogP contribution in [0.5, 0.6) is 0 Å². The predicted octanol–water partition coefficient (Wildman–Crippen LogP) is 1.96. The average Bonchev–Trinajstić information content (AvgIpc) is 2.46. The zero-order valence-electron chi connectivity index (χ0n) is 11.6. The van der Waals surface area contributed by atoms with Crippen LogP contribution >= 0.6 is 11.6 Å². The van der Waals surface area contributed by atoms with Crippen LogP contribution in [-0.2, 0) is 13.1 Å². The maximum atomic E-state index is 12.2. The fourth-order valence-electron chi connectivity index (χ4n) is 2.01. The van der Waals surface area contributed by atoms with Crippen molar-refractivity contribution in [3.05, 3.63) is 68.0 Å². The summed E-state index contributed by atoms with van der Waals surface area (Å²) in [7, 11) is 0. The Morgan fingerprint density at radius 3 is 2.67 bits per heavy atom. The highest BCUT2D eigenvalue weighted by Gasteiger charge is 2.12. The van der Waals surface area contributed by atoms with Crippen molar-refractivity contribution in [1.82, 2.24) is 9.13 Å². The lowest BCUT2D eigenvalue weighted by Crippen LogP contribution is -2.40.